The van der Waals surface area contributed by atoms with Gasteiger partial charge >= 0.3 is 0 Å². The van der Waals surface area contributed by atoms with Crippen LogP contribution in [0.1, 0.15) is 17.5 Å². The van der Waals surface area contributed by atoms with E-state index in [9.17, 15) is 4.79 Å². The summed E-state index contributed by atoms with van der Waals surface area (Å²) in [5.41, 5.74) is 3.40. The van der Waals surface area contributed by atoms with E-state index in [0.717, 1.165) is 56.2 Å². The van der Waals surface area contributed by atoms with Crippen LogP contribution in [0, 0.1) is 0 Å². The molecule has 0 N–H and O–H groups in total. The highest BCUT2D eigenvalue weighted by molar-refractivity contribution is 6.02. The van der Waals surface area contributed by atoms with Crippen LogP contribution in [0.3, 0.4) is 0 Å². The molecule has 1 amide bonds. The number of nitrogens with zero attached hydrogens (tertiary/aromatic N) is 4. The quantitative estimate of drug-likeness (QED) is 0.758. The maximum absolute atomic E-state index is 12.7. The number of hydrogen-bond donors (Lipinski definition) is 0. The molecule has 0 aliphatic carbocycles. The minimum atomic E-state index is 0.0968. The van der Waals surface area contributed by atoms with Crippen molar-refractivity contribution in [2.24, 2.45) is 5.10 Å². The van der Waals surface area contributed by atoms with Crippen molar-refractivity contribution in [2.45, 2.75) is 13.0 Å². The second-order valence-corrected chi connectivity index (χ2v) is 7.58. The number of piperazine rings is 1. The van der Waals surface area contributed by atoms with E-state index < -0.39 is 0 Å². The average molecular weight is 393 g/mol. The highest BCUT2D eigenvalue weighted by Gasteiger charge is 2.25. The molecule has 6 nitrogen and oxygen atoms in total. The van der Waals surface area contributed by atoms with Gasteiger partial charge < -0.3 is 4.74 Å². The van der Waals surface area contributed by atoms with Gasteiger partial charge in [-0.05, 0) is 23.3 Å². The second-order valence-electron chi connectivity index (χ2n) is 7.58. The topological polar surface area (TPSA) is 48.4 Å². The van der Waals surface area contributed by atoms with Gasteiger partial charge in [-0.25, -0.2) is 5.01 Å². The summed E-state index contributed by atoms with van der Waals surface area (Å²) in [5.74, 6) is 0.983. The lowest BCUT2D eigenvalue weighted by Crippen LogP contribution is -2.49. The maximum Gasteiger partial charge on any atom is 0.256 e. The number of amides is 1. The maximum atomic E-state index is 12.7. The van der Waals surface area contributed by atoms with Crippen molar-refractivity contribution in [1.29, 1.82) is 0 Å². The fourth-order valence-corrected chi connectivity index (χ4v) is 3.84. The second kappa shape index (κ2) is 9.20. The number of rotatable bonds is 6. The van der Waals surface area contributed by atoms with E-state index >= 15 is 0 Å². The molecule has 0 radical (unpaired) electrons. The molecule has 0 unspecified atom stereocenters. The minimum Gasteiger partial charge on any atom is -0.497 e. The van der Waals surface area contributed by atoms with Crippen molar-refractivity contribution in [1.82, 2.24) is 14.8 Å². The van der Waals surface area contributed by atoms with Crippen LogP contribution in [-0.2, 0) is 11.3 Å². The Morgan fingerprint density at radius 1 is 0.931 bits per heavy atom. The number of benzene rings is 2. The molecule has 1 saturated heterocycles. The van der Waals surface area contributed by atoms with E-state index in [1.165, 1.54) is 5.56 Å². The molecule has 2 aliphatic rings. The molecule has 1 fully saturated rings. The van der Waals surface area contributed by atoms with Gasteiger partial charge in [-0.15, -0.1) is 0 Å². The Labute approximate surface area is 172 Å². The van der Waals surface area contributed by atoms with Gasteiger partial charge in [0.25, 0.3) is 5.91 Å². The van der Waals surface area contributed by atoms with Crippen LogP contribution in [0.5, 0.6) is 5.75 Å². The molecule has 0 aromatic heterocycles. The molecule has 0 spiro atoms. The summed E-state index contributed by atoms with van der Waals surface area (Å²) in [6.45, 7) is 5.82. The average Bonchev–Trinajstić information content (AvgIpc) is 3.27. The van der Waals surface area contributed by atoms with E-state index in [0.29, 0.717) is 13.1 Å². The fourth-order valence-electron chi connectivity index (χ4n) is 3.84. The van der Waals surface area contributed by atoms with Gasteiger partial charge in [0, 0.05) is 39.1 Å². The predicted octanol–water partition coefficient (Wildman–Crippen LogP) is 2.45. The van der Waals surface area contributed by atoms with E-state index in [1.54, 1.807) is 12.1 Å². The zero-order chi connectivity index (χ0) is 20.1. The third kappa shape index (κ3) is 5.02. The van der Waals surface area contributed by atoms with Crippen molar-refractivity contribution in [3.05, 3.63) is 65.7 Å². The van der Waals surface area contributed by atoms with Crippen molar-refractivity contribution in [3.63, 3.8) is 0 Å². The van der Waals surface area contributed by atoms with Gasteiger partial charge in [0.15, 0.2) is 0 Å². The monoisotopic (exact) mass is 392 g/mol. The number of carbonyl (C=O) groups is 1. The summed E-state index contributed by atoms with van der Waals surface area (Å²) in [5, 5.41) is 6.21. The Hall–Kier alpha value is -2.70. The summed E-state index contributed by atoms with van der Waals surface area (Å²) in [4.78, 5) is 17.3. The molecule has 0 bridgehead atoms. The molecule has 2 aromatic rings. The van der Waals surface area contributed by atoms with Crippen LogP contribution < -0.4 is 4.74 Å². The zero-order valence-electron chi connectivity index (χ0n) is 17.0. The number of methoxy groups -OCH3 is 1. The van der Waals surface area contributed by atoms with E-state index in [2.05, 4.69) is 39.2 Å². The fraction of sp³-hybridized carbons (Fsp3) is 0.391. The molecule has 29 heavy (non-hydrogen) atoms. The number of carbonyl (C=O) groups excluding carboxylic acids is 1. The first-order valence-electron chi connectivity index (χ1n) is 10.2. The first-order chi connectivity index (χ1) is 14.2. The number of ether oxygens (including phenoxy) is 1. The molecule has 2 aromatic carbocycles. The van der Waals surface area contributed by atoms with Crippen molar-refractivity contribution >= 4 is 11.6 Å². The Kier molecular flexibility index (Phi) is 6.22. The van der Waals surface area contributed by atoms with Gasteiger partial charge in [-0.3, -0.25) is 14.6 Å². The normalized spacial score (nSPS) is 18.0. The molecule has 0 saturated carbocycles. The van der Waals surface area contributed by atoms with Crippen LogP contribution in [-0.4, -0.2) is 72.8 Å². The van der Waals surface area contributed by atoms with Crippen molar-refractivity contribution in [3.8, 4) is 5.75 Å². The molecular weight excluding hydrogens is 364 g/mol. The van der Waals surface area contributed by atoms with E-state index in [-0.39, 0.29) is 5.91 Å². The largest absolute Gasteiger partial charge is 0.497 e. The Balaban J connectivity index is 1.24. The lowest BCUT2D eigenvalue weighted by atomic mass is 10.1. The summed E-state index contributed by atoms with van der Waals surface area (Å²) < 4.78 is 5.22. The standard InChI is InChI=1S/C23H28N4O2/c1-29-21-9-7-19(8-10-21)17-25-13-15-26(16-14-25)18-23(28)27-12-11-22(24-27)20-5-3-2-4-6-20/h2-10H,11-18H2,1H3. The minimum absolute atomic E-state index is 0.0968. The van der Waals surface area contributed by atoms with Crippen molar-refractivity contribution < 1.29 is 9.53 Å². The van der Waals surface area contributed by atoms with Gasteiger partial charge in [0.1, 0.15) is 5.75 Å². The smallest absolute Gasteiger partial charge is 0.256 e. The molecule has 152 valence electrons. The Bertz CT molecular complexity index is 843. The molecule has 0 atom stereocenters. The zero-order valence-corrected chi connectivity index (χ0v) is 17.0. The molecule has 4 rings (SSSR count). The van der Waals surface area contributed by atoms with E-state index in [4.69, 9.17) is 4.74 Å². The van der Waals surface area contributed by atoms with Gasteiger partial charge in [-0.1, -0.05) is 42.5 Å². The van der Waals surface area contributed by atoms with Crippen LogP contribution in [0.15, 0.2) is 59.7 Å². The predicted molar refractivity (Wildman–Crippen MR) is 114 cm³/mol. The summed E-state index contributed by atoms with van der Waals surface area (Å²) in [6, 6.07) is 18.4. The highest BCUT2D eigenvalue weighted by atomic mass is 16.5. The van der Waals surface area contributed by atoms with Crippen LogP contribution in [0.4, 0.5) is 0 Å². The third-order valence-corrected chi connectivity index (χ3v) is 5.59. The molecule has 2 heterocycles. The Morgan fingerprint density at radius 2 is 1.62 bits per heavy atom. The van der Waals surface area contributed by atoms with Crippen LogP contribution in [0.25, 0.3) is 0 Å². The lowest BCUT2D eigenvalue weighted by Gasteiger charge is -2.34. The molecule has 2 aliphatic heterocycles. The van der Waals surface area contributed by atoms with Crippen molar-refractivity contribution in [2.75, 3.05) is 46.4 Å². The first kappa shape index (κ1) is 19.6. The number of hydrogen-bond acceptors (Lipinski definition) is 5. The van der Waals surface area contributed by atoms with Gasteiger partial charge in [0.2, 0.25) is 0 Å². The number of hydrazone groups is 1. The van der Waals surface area contributed by atoms with Gasteiger partial charge in [0.05, 0.1) is 25.9 Å². The first-order valence-corrected chi connectivity index (χ1v) is 10.2. The third-order valence-electron chi connectivity index (χ3n) is 5.59. The Morgan fingerprint density at radius 3 is 2.31 bits per heavy atom. The lowest BCUT2D eigenvalue weighted by molar-refractivity contribution is -0.132. The summed E-state index contributed by atoms with van der Waals surface area (Å²) in [7, 11) is 1.69. The van der Waals surface area contributed by atoms with Crippen LogP contribution >= 0.6 is 0 Å². The summed E-state index contributed by atoms with van der Waals surface area (Å²) >= 11 is 0. The van der Waals surface area contributed by atoms with Gasteiger partial charge in [-0.2, -0.15) is 5.10 Å². The SMILES string of the molecule is COc1ccc(CN2CCN(CC(=O)N3CCC(c4ccccc4)=N3)CC2)cc1. The van der Waals surface area contributed by atoms with Crippen LogP contribution in [0.2, 0.25) is 0 Å². The summed E-state index contributed by atoms with van der Waals surface area (Å²) in [6.07, 6.45) is 0.825. The molecular formula is C23H28N4O2. The van der Waals surface area contributed by atoms with E-state index in [1.807, 2.05) is 30.3 Å². The highest BCUT2D eigenvalue weighted by Crippen LogP contribution is 2.16. The molecule has 6 heteroatoms.